The second-order valence-corrected chi connectivity index (χ2v) is 4.68. The minimum atomic E-state index is -0.533. The third-order valence-electron chi connectivity index (χ3n) is 2.94. The number of benzene rings is 1. The second-order valence-electron chi connectivity index (χ2n) is 4.28. The molecule has 2 aromatic rings. The van der Waals surface area contributed by atoms with Crippen LogP contribution in [0.3, 0.4) is 0 Å². The highest BCUT2D eigenvalue weighted by Crippen LogP contribution is 2.15. The van der Waals surface area contributed by atoms with Crippen molar-refractivity contribution in [2.24, 2.45) is 0 Å². The topological polar surface area (TPSA) is 46.9 Å². The van der Waals surface area contributed by atoms with Gasteiger partial charge >= 0.3 is 0 Å². The number of hydrogen-bond acceptors (Lipinski definition) is 2. The second kappa shape index (κ2) is 6.52. The fourth-order valence-corrected chi connectivity index (χ4v) is 2.07. The van der Waals surface area contributed by atoms with Crippen LogP contribution in [0.25, 0.3) is 0 Å². The molecule has 1 amide bonds. The van der Waals surface area contributed by atoms with Crippen LogP contribution in [0.15, 0.2) is 30.6 Å². The maximum absolute atomic E-state index is 13.0. The quantitative estimate of drug-likeness (QED) is 0.922. The van der Waals surface area contributed by atoms with Crippen molar-refractivity contribution in [3.8, 4) is 0 Å². The van der Waals surface area contributed by atoms with Gasteiger partial charge in [-0.05, 0) is 18.2 Å². The van der Waals surface area contributed by atoms with Crippen LogP contribution in [0.5, 0.6) is 0 Å². The molecule has 0 fully saturated rings. The molecule has 1 aromatic carbocycles. The van der Waals surface area contributed by atoms with Crippen LogP contribution in [-0.4, -0.2) is 22.0 Å². The van der Waals surface area contributed by atoms with Crippen molar-refractivity contribution in [2.45, 2.75) is 19.9 Å². The van der Waals surface area contributed by atoms with Crippen molar-refractivity contribution in [1.82, 2.24) is 14.9 Å². The van der Waals surface area contributed by atoms with E-state index in [9.17, 15) is 9.18 Å². The van der Waals surface area contributed by atoms with Gasteiger partial charge in [0.2, 0.25) is 0 Å². The lowest BCUT2D eigenvalue weighted by molar-refractivity contribution is 0.0952. The van der Waals surface area contributed by atoms with Gasteiger partial charge in [0, 0.05) is 37.5 Å². The zero-order chi connectivity index (χ0) is 14.5. The Hall–Kier alpha value is -1.88. The number of amides is 1. The normalized spacial score (nSPS) is 10.6. The molecule has 4 nitrogen and oxygen atoms in total. The largest absolute Gasteiger partial charge is 0.350 e. The molecule has 2 rings (SSSR count). The monoisotopic (exact) mass is 295 g/mol. The van der Waals surface area contributed by atoms with Gasteiger partial charge in [-0.25, -0.2) is 9.37 Å². The smallest absolute Gasteiger partial charge is 0.251 e. The SMILES string of the molecule is CCc1nccn1CCNC(=O)c1ccc(F)c(Cl)c1. The molecule has 1 aromatic heterocycles. The summed E-state index contributed by atoms with van der Waals surface area (Å²) < 4.78 is 15.0. The van der Waals surface area contributed by atoms with E-state index < -0.39 is 5.82 Å². The molecule has 0 saturated carbocycles. The van der Waals surface area contributed by atoms with Gasteiger partial charge in [0.05, 0.1) is 5.02 Å². The molecule has 0 aliphatic heterocycles. The summed E-state index contributed by atoms with van der Waals surface area (Å²) in [6, 6.07) is 3.91. The molecule has 1 heterocycles. The van der Waals surface area contributed by atoms with Crippen molar-refractivity contribution in [1.29, 1.82) is 0 Å². The number of aromatic nitrogens is 2. The van der Waals surface area contributed by atoms with E-state index in [1.807, 2.05) is 17.7 Å². The summed E-state index contributed by atoms with van der Waals surface area (Å²) in [5, 5.41) is 2.71. The number of imidazole rings is 1. The molecule has 0 aliphatic carbocycles. The van der Waals surface area contributed by atoms with Gasteiger partial charge in [-0.15, -0.1) is 0 Å². The summed E-state index contributed by atoms with van der Waals surface area (Å²) in [6.45, 7) is 3.14. The standard InChI is InChI=1S/C14H15ClFN3O/c1-2-13-17-5-7-19(13)8-6-18-14(20)10-3-4-12(16)11(15)9-10/h3-5,7,9H,2,6,8H2,1H3,(H,18,20). The van der Waals surface area contributed by atoms with E-state index >= 15 is 0 Å². The number of hydrogen-bond donors (Lipinski definition) is 1. The van der Waals surface area contributed by atoms with Crippen LogP contribution in [-0.2, 0) is 13.0 Å². The molecule has 0 unspecified atom stereocenters. The number of aryl methyl sites for hydroxylation is 1. The Bertz CT molecular complexity index is 612. The molecule has 0 aliphatic rings. The van der Waals surface area contributed by atoms with E-state index in [2.05, 4.69) is 10.3 Å². The first-order valence-electron chi connectivity index (χ1n) is 6.35. The zero-order valence-electron chi connectivity index (χ0n) is 11.1. The maximum atomic E-state index is 13.0. The zero-order valence-corrected chi connectivity index (χ0v) is 11.8. The summed E-state index contributed by atoms with van der Waals surface area (Å²) in [6.07, 6.45) is 4.45. The van der Waals surface area contributed by atoms with E-state index in [0.717, 1.165) is 12.2 Å². The van der Waals surface area contributed by atoms with Crippen molar-refractivity contribution in [3.63, 3.8) is 0 Å². The van der Waals surface area contributed by atoms with E-state index in [4.69, 9.17) is 11.6 Å². The van der Waals surface area contributed by atoms with E-state index in [1.165, 1.54) is 18.2 Å². The van der Waals surface area contributed by atoms with Gasteiger partial charge in [-0.3, -0.25) is 4.79 Å². The van der Waals surface area contributed by atoms with Crippen LogP contribution >= 0.6 is 11.6 Å². The first-order valence-corrected chi connectivity index (χ1v) is 6.73. The van der Waals surface area contributed by atoms with Gasteiger partial charge < -0.3 is 9.88 Å². The van der Waals surface area contributed by atoms with E-state index in [1.54, 1.807) is 6.20 Å². The first-order chi connectivity index (χ1) is 9.61. The number of carbonyl (C=O) groups excluding carboxylic acids is 1. The molecule has 6 heteroatoms. The Balaban J connectivity index is 1.90. The Labute approximate surface area is 121 Å². The van der Waals surface area contributed by atoms with E-state index in [-0.39, 0.29) is 10.9 Å². The first kappa shape index (κ1) is 14.5. The summed E-state index contributed by atoms with van der Waals surface area (Å²) in [4.78, 5) is 16.1. The van der Waals surface area contributed by atoms with Gasteiger partial charge in [0.15, 0.2) is 0 Å². The van der Waals surface area contributed by atoms with Crippen molar-refractivity contribution >= 4 is 17.5 Å². The van der Waals surface area contributed by atoms with E-state index in [0.29, 0.717) is 18.7 Å². The molecule has 106 valence electrons. The number of halogens is 2. The molecule has 0 saturated heterocycles. The lowest BCUT2D eigenvalue weighted by Crippen LogP contribution is -2.27. The van der Waals surface area contributed by atoms with Gasteiger partial charge in [-0.1, -0.05) is 18.5 Å². The third-order valence-corrected chi connectivity index (χ3v) is 3.23. The molecule has 20 heavy (non-hydrogen) atoms. The highest BCUT2D eigenvalue weighted by molar-refractivity contribution is 6.31. The van der Waals surface area contributed by atoms with Crippen molar-refractivity contribution in [3.05, 3.63) is 52.8 Å². The van der Waals surface area contributed by atoms with Crippen LogP contribution in [0.4, 0.5) is 4.39 Å². The summed E-state index contributed by atoms with van der Waals surface area (Å²) in [7, 11) is 0. The Morgan fingerprint density at radius 3 is 3.00 bits per heavy atom. The van der Waals surface area contributed by atoms with Crippen LogP contribution < -0.4 is 5.32 Å². The Kier molecular flexibility index (Phi) is 4.74. The molecular weight excluding hydrogens is 281 g/mol. The summed E-state index contributed by atoms with van der Waals surface area (Å²) in [5.74, 6) is 0.170. The fourth-order valence-electron chi connectivity index (χ4n) is 1.89. The fraction of sp³-hybridized carbons (Fsp3) is 0.286. The average molecular weight is 296 g/mol. The number of carbonyl (C=O) groups is 1. The predicted molar refractivity (Wildman–Crippen MR) is 75.3 cm³/mol. The molecular formula is C14H15ClFN3O. The Morgan fingerprint density at radius 1 is 1.50 bits per heavy atom. The molecule has 0 radical (unpaired) electrons. The van der Waals surface area contributed by atoms with Gasteiger partial charge in [0.25, 0.3) is 5.91 Å². The molecule has 0 atom stereocenters. The number of rotatable bonds is 5. The maximum Gasteiger partial charge on any atom is 0.251 e. The highest BCUT2D eigenvalue weighted by Gasteiger charge is 2.08. The van der Waals surface area contributed by atoms with Crippen LogP contribution in [0, 0.1) is 5.82 Å². The van der Waals surface area contributed by atoms with Gasteiger partial charge in [0.1, 0.15) is 11.6 Å². The predicted octanol–water partition coefficient (Wildman–Crippen LogP) is 2.67. The van der Waals surface area contributed by atoms with Crippen molar-refractivity contribution < 1.29 is 9.18 Å². The average Bonchev–Trinajstić information content (AvgIpc) is 2.89. The minimum absolute atomic E-state index is 0.0551. The van der Waals surface area contributed by atoms with Gasteiger partial charge in [-0.2, -0.15) is 0 Å². The number of nitrogens with zero attached hydrogens (tertiary/aromatic N) is 2. The summed E-state index contributed by atoms with van der Waals surface area (Å²) in [5.41, 5.74) is 0.345. The van der Waals surface area contributed by atoms with Crippen LogP contribution in [0.1, 0.15) is 23.1 Å². The van der Waals surface area contributed by atoms with Crippen molar-refractivity contribution in [2.75, 3.05) is 6.54 Å². The minimum Gasteiger partial charge on any atom is -0.350 e. The lowest BCUT2D eigenvalue weighted by Gasteiger charge is -2.08. The third kappa shape index (κ3) is 3.36. The lowest BCUT2D eigenvalue weighted by atomic mass is 10.2. The summed E-state index contributed by atoms with van der Waals surface area (Å²) >= 11 is 5.65. The molecule has 1 N–H and O–H groups in total. The number of nitrogens with one attached hydrogen (secondary N) is 1. The molecule has 0 spiro atoms. The highest BCUT2D eigenvalue weighted by atomic mass is 35.5. The van der Waals surface area contributed by atoms with Crippen LogP contribution in [0.2, 0.25) is 5.02 Å². The molecule has 0 bridgehead atoms. The Morgan fingerprint density at radius 2 is 2.30 bits per heavy atom.